The first kappa shape index (κ1) is 16.5. The minimum absolute atomic E-state index is 0. The molecule has 0 aromatic rings. The summed E-state index contributed by atoms with van der Waals surface area (Å²) in [5, 5.41) is 5.01. The Morgan fingerprint density at radius 1 is 1.53 bits per heavy atom. The van der Waals surface area contributed by atoms with E-state index in [-0.39, 0.29) is 25.0 Å². The summed E-state index contributed by atoms with van der Waals surface area (Å²) in [5.41, 5.74) is 0. The number of rotatable bonds is 3. The van der Waals surface area contributed by atoms with Crippen LogP contribution >= 0.6 is 12.4 Å². The third-order valence-electron chi connectivity index (χ3n) is 2.47. The summed E-state index contributed by atoms with van der Waals surface area (Å²) in [7, 11) is 0. The molecule has 1 rings (SSSR count). The number of hydrogen-bond donors (Lipinski definition) is 2. The van der Waals surface area contributed by atoms with Crippen molar-refractivity contribution in [3.05, 3.63) is 0 Å². The van der Waals surface area contributed by atoms with E-state index in [1.807, 2.05) is 17.1 Å². The predicted octanol–water partition coefficient (Wildman–Crippen LogP) is 0.380. The molecule has 0 aromatic carbocycles. The van der Waals surface area contributed by atoms with Crippen LogP contribution < -0.4 is 10.6 Å². The lowest BCUT2D eigenvalue weighted by Gasteiger charge is -2.33. The smallest absolute Gasteiger partial charge is 0.346 e. The van der Waals surface area contributed by atoms with Gasteiger partial charge < -0.3 is 10.6 Å². The van der Waals surface area contributed by atoms with Crippen molar-refractivity contribution in [2.75, 3.05) is 32.7 Å². The van der Waals surface area contributed by atoms with Crippen LogP contribution in [0.15, 0.2) is 0 Å². The molecule has 1 aliphatic heterocycles. The van der Waals surface area contributed by atoms with E-state index in [2.05, 4.69) is 5.32 Å². The molecule has 1 fully saturated rings. The van der Waals surface area contributed by atoms with Gasteiger partial charge in [0.05, 0.1) is 6.54 Å². The van der Waals surface area contributed by atoms with Gasteiger partial charge in [-0.1, -0.05) is 0 Å². The van der Waals surface area contributed by atoms with E-state index < -0.39 is 18.6 Å². The van der Waals surface area contributed by atoms with Crippen molar-refractivity contribution in [3.8, 4) is 0 Å². The molecule has 1 saturated heterocycles. The Morgan fingerprint density at radius 3 is 2.71 bits per heavy atom. The largest absolute Gasteiger partial charge is 0.405 e. The van der Waals surface area contributed by atoms with Crippen LogP contribution in [0.4, 0.5) is 13.2 Å². The molecule has 2 N–H and O–H groups in total. The zero-order valence-electron chi connectivity index (χ0n) is 9.51. The van der Waals surface area contributed by atoms with Gasteiger partial charge in [0.2, 0.25) is 5.91 Å². The lowest BCUT2D eigenvalue weighted by Crippen LogP contribution is -2.53. The molecule has 0 aliphatic carbocycles. The SMILES string of the molecule is C[C@@H]1CNCCN1CC(=O)NCC(F)(F)F.Cl. The second kappa shape index (κ2) is 7.03. The fourth-order valence-electron chi connectivity index (χ4n) is 1.56. The summed E-state index contributed by atoms with van der Waals surface area (Å²) in [6.45, 7) is 2.90. The Kier molecular flexibility index (Phi) is 6.81. The molecule has 4 nitrogen and oxygen atoms in total. The number of piperazine rings is 1. The average Bonchev–Trinajstić information content (AvgIpc) is 2.18. The number of halogens is 4. The monoisotopic (exact) mass is 275 g/mol. The van der Waals surface area contributed by atoms with E-state index in [1.165, 1.54) is 0 Å². The van der Waals surface area contributed by atoms with E-state index >= 15 is 0 Å². The lowest BCUT2D eigenvalue weighted by molar-refractivity contribution is -0.139. The van der Waals surface area contributed by atoms with Gasteiger partial charge >= 0.3 is 6.18 Å². The predicted molar refractivity (Wildman–Crippen MR) is 60.2 cm³/mol. The van der Waals surface area contributed by atoms with Crippen molar-refractivity contribution in [1.82, 2.24) is 15.5 Å². The van der Waals surface area contributed by atoms with Crippen molar-refractivity contribution in [1.29, 1.82) is 0 Å². The summed E-state index contributed by atoms with van der Waals surface area (Å²) in [6, 6.07) is 0.172. The molecule has 0 unspecified atom stereocenters. The van der Waals surface area contributed by atoms with Gasteiger partial charge in [0.1, 0.15) is 6.54 Å². The zero-order chi connectivity index (χ0) is 12.2. The van der Waals surface area contributed by atoms with Gasteiger partial charge in [-0.3, -0.25) is 9.69 Å². The van der Waals surface area contributed by atoms with Gasteiger partial charge in [-0.05, 0) is 6.92 Å². The molecular weight excluding hydrogens is 259 g/mol. The second-order valence-electron chi connectivity index (χ2n) is 3.92. The number of nitrogens with one attached hydrogen (secondary N) is 2. The maximum absolute atomic E-state index is 11.8. The van der Waals surface area contributed by atoms with Gasteiger partial charge in [0.15, 0.2) is 0 Å². The Morgan fingerprint density at radius 2 is 2.18 bits per heavy atom. The maximum atomic E-state index is 11.8. The third kappa shape index (κ3) is 6.70. The molecule has 1 atom stereocenters. The van der Waals surface area contributed by atoms with E-state index in [9.17, 15) is 18.0 Å². The maximum Gasteiger partial charge on any atom is 0.405 e. The minimum Gasteiger partial charge on any atom is -0.346 e. The topological polar surface area (TPSA) is 44.4 Å². The van der Waals surface area contributed by atoms with Gasteiger partial charge in [0, 0.05) is 25.7 Å². The van der Waals surface area contributed by atoms with Gasteiger partial charge in [-0.2, -0.15) is 13.2 Å². The fourth-order valence-corrected chi connectivity index (χ4v) is 1.56. The quantitative estimate of drug-likeness (QED) is 0.783. The molecule has 0 saturated carbocycles. The molecule has 8 heteroatoms. The van der Waals surface area contributed by atoms with E-state index in [0.29, 0.717) is 6.54 Å². The zero-order valence-corrected chi connectivity index (χ0v) is 10.3. The van der Waals surface area contributed by atoms with E-state index in [1.54, 1.807) is 0 Å². The number of hydrogen-bond acceptors (Lipinski definition) is 3. The highest BCUT2D eigenvalue weighted by Crippen LogP contribution is 2.12. The highest BCUT2D eigenvalue weighted by atomic mass is 35.5. The molecular formula is C9H17ClF3N3O. The van der Waals surface area contributed by atoms with E-state index in [0.717, 1.165) is 13.1 Å². The van der Waals surface area contributed by atoms with Crippen LogP contribution in [-0.2, 0) is 4.79 Å². The first-order valence-electron chi connectivity index (χ1n) is 5.17. The number of nitrogens with zero attached hydrogens (tertiary/aromatic N) is 1. The average molecular weight is 276 g/mol. The van der Waals surface area contributed by atoms with Crippen molar-refractivity contribution in [3.63, 3.8) is 0 Å². The first-order chi connectivity index (χ1) is 7.38. The second-order valence-corrected chi connectivity index (χ2v) is 3.92. The summed E-state index contributed by atoms with van der Waals surface area (Å²) >= 11 is 0. The van der Waals surface area contributed by atoms with Crippen LogP contribution in [0.1, 0.15) is 6.92 Å². The summed E-state index contributed by atoms with van der Waals surface area (Å²) in [4.78, 5) is 13.1. The van der Waals surface area contributed by atoms with Crippen molar-refractivity contribution in [2.24, 2.45) is 0 Å². The molecule has 1 heterocycles. The number of carbonyl (C=O) groups is 1. The Bertz CT molecular complexity index is 250. The summed E-state index contributed by atoms with van der Waals surface area (Å²) < 4.78 is 35.5. The van der Waals surface area contributed by atoms with Crippen LogP contribution in [0, 0.1) is 0 Å². The van der Waals surface area contributed by atoms with Crippen LogP contribution in [0.25, 0.3) is 0 Å². The molecule has 0 radical (unpaired) electrons. The molecule has 0 spiro atoms. The van der Waals surface area contributed by atoms with Gasteiger partial charge in [-0.25, -0.2) is 0 Å². The molecule has 17 heavy (non-hydrogen) atoms. The highest BCUT2D eigenvalue weighted by Gasteiger charge is 2.28. The van der Waals surface area contributed by atoms with Crippen LogP contribution in [0.3, 0.4) is 0 Å². The summed E-state index contributed by atoms with van der Waals surface area (Å²) in [6.07, 6.45) is -4.34. The van der Waals surface area contributed by atoms with Crippen molar-refractivity contribution < 1.29 is 18.0 Å². The first-order valence-corrected chi connectivity index (χ1v) is 5.17. The summed E-state index contributed by atoms with van der Waals surface area (Å²) in [5.74, 6) is -0.578. The standard InChI is InChI=1S/C9H16F3N3O.ClH/c1-7-4-13-2-3-15(7)5-8(16)14-6-9(10,11)12;/h7,13H,2-6H2,1H3,(H,14,16);1H/t7-;/m1./s1. The minimum atomic E-state index is -4.34. The third-order valence-corrected chi connectivity index (χ3v) is 2.47. The van der Waals surface area contributed by atoms with Gasteiger partial charge in [-0.15, -0.1) is 12.4 Å². The Labute approximate surface area is 104 Å². The van der Waals surface area contributed by atoms with E-state index in [4.69, 9.17) is 0 Å². The number of carbonyl (C=O) groups excluding carboxylic acids is 1. The van der Waals surface area contributed by atoms with Crippen molar-refractivity contribution >= 4 is 18.3 Å². The molecule has 102 valence electrons. The number of amides is 1. The fraction of sp³-hybridized carbons (Fsp3) is 0.889. The van der Waals surface area contributed by atoms with Crippen LogP contribution in [-0.4, -0.2) is 55.7 Å². The lowest BCUT2D eigenvalue weighted by atomic mass is 10.2. The molecule has 0 bridgehead atoms. The molecule has 1 aliphatic rings. The molecule has 1 amide bonds. The Hall–Kier alpha value is -0.530. The highest BCUT2D eigenvalue weighted by molar-refractivity contribution is 5.85. The normalized spacial score (nSPS) is 21.8. The van der Waals surface area contributed by atoms with Gasteiger partial charge in [0.25, 0.3) is 0 Å². The van der Waals surface area contributed by atoms with Crippen molar-refractivity contribution in [2.45, 2.75) is 19.1 Å². The number of alkyl halides is 3. The van der Waals surface area contributed by atoms with Crippen LogP contribution in [0.5, 0.6) is 0 Å². The van der Waals surface area contributed by atoms with Crippen LogP contribution in [0.2, 0.25) is 0 Å². The molecule has 0 aromatic heterocycles. The Balaban J connectivity index is 0.00000256.